The van der Waals surface area contributed by atoms with Gasteiger partial charge in [-0.3, -0.25) is 9.69 Å². The molecule has 0 unspecified atom stereocenters. The molecule has 2 aliphatic heterocycles. The van der Waals surface area contributed by atoms with Gasteiger partial charge in [0.2, 0.25) is 5.91 Å². The number of hydrogen-bond donors (Lipinski definition) is 2. The lowest BCUT2D eigenvalue weighted by Gasteiger charge is -2.32. The molecule has 5 heteroatoms. The van der Waals surface area contributed by atoms with Gasteiger partial charge in [-0.1, -0.05) is 6.92 Å². The van der Waals surface area contributed by atoms with Gasteiger partial charge in [0.15, 0.2) is 0 Å². The number of amides is 1. The number of nitrogens with zero attached hydrogens (tertiary/aromatic N) is 2. The number of nitrogens with one attached hydrogen (secondary N) is 1. The van der Waals surface area contributed by atoms with Crippen molar-refractivity contribution in [2.75, 3.05) is 45.8 Å². The molecule has 20 heavy (non-hydrogen) atoms. The summed E-state index contributed by atoms with van der Waals surface area (Å²) in [4.78, 5) is 16.7. The van der Waals surface area contributed by atoms with Gasteiger partial charge < -0.3 is 16.0 Å². The summed E-state index contributed by atoms with van der Waals surface area (Å²) in [7, 11) is 0. The first-order chi connectivity index (χ1) is 9.67. The molecule has 0 aromatic rings. The van der Waals surface area contributed by atoms with Gasteiger partial charge in [-0.2, -0.15) is 0 Å². The van der Waals surface area contributed by atoms with Crippen molar-refractivity contribution < 1.29 is 4.79 Å². The topological polar surface area (TPSA) is 61.6 Å². The Morgan fingerprint density at radius 3 is 2.30 bits per heavy atom. The van der Waals surface area contributed by atoms with Gasteiger partial charge in [0.05, 0.1) is 6.54 Å². The predicted molar refractivity (Wildman–Crippen MR) is 81.5 cm³/mol. The summed E-state index contributed by atoms with van der Waals surface area (Å²) in [6, 6.07) is 0.332. The standard InChI is InChI=1S/C15H30N4O/c1-2-18-7-3-13(4-8-18)11-17-15(20)12-19-9-5-14(16)6-10-19/h13-14H,2-12,16H2,1H3,(H,17,20). The molecule has 1 amide bonds. The van der Waals surface area contributed by atoms with Crippen molar-refractivity contribution in [3.63, 3.8) is 0 Å². The van der Waals surface area contributed by atoms with Crippen LogP contribution in [0.1, 0.15) is 32.6 Å². The van der Waals surface area contributed by atoms with E-state index >= 15 is 0 Å². The number of likely N-dealkylation sites (tertiary alicyclic amines) is 2. The van der Waals surface area contributed by atoms with Gasteiger partial charge in [-0.25, -0.2) is 0 Å². The van der Waals surface area contributed by atoms with E-state index in [-0.39, 0.29) is 5.91 Å². The van der Waals surface area contributed by atoms with Crippen molar-refractivity contribution in [3.05, 3.63) is 0 Å². The summed E-state index contributed by atoms with van der Waals surface area (Å²) >= 11 is 0. The fourth-order valence-electron chi connectivity index (χ4n) is 3.14. The van der Waals surface area contributed by atoms with Crippen molar-refractivity contribution in [1.82, 2.24) is 15.1 Å². The maximum absolute atomic E-state index is 12.0. The lowest BCUT2D eigenvalue weighted by Crippen LogP contribution is -2.45. The van der Waals surface area contributed by atoms with E-state index in [4.69, 9.17) is 5.73 Å². The normalized spacial score (nSPS) is 23.9. The summed E-state index contributed by atoms with van der Waals surface area (Å²) in [6.45, 7) is 9.04. The summed E-state index contributed by atoms with van der Waals surface area (Å²) in [5, 5.41) is 3.11. The van der Waals surface area contributed by atoms with Crippen LogP contribution in [0.25, 0.3) is 0 Å². The highest BCUT2D eigenvalue weighted by Gasteiger charge is 2.20. The Hall–Kier alpha value is -0.650. The first-order valence-electron chi connectivity index (χ1n) is 8.14. The Morgan fingerprint density at radius 1 is 1.10 bits per heavy atom. The Morgan fingerprint density at radius 2 is 1.70 bits per heavy atom. The van der Waals surface area contributed by atoms with Crippen LogP contribution < -0.4 is 11.1 Å². The highest BCUT2D eigenvalue weighted by atomic mass is 16.2. The fourth-order valence-corrected chi connectivity index (χ4v) is 3.14. The second kappa shape index (κ2) is 7.96. The lowest BCUT2D eigenvalue weighted by atomic mass is 9.97. The SMILES string of the molecule is CCN1CCC(CNC(=O)CN2CCC(N)CC2)CC1. The van der Waals surface area contributed by atoms with E-state index in [1.807, 2.05) is 0 Å². The number of carbonyl (C=O) groups is 1. The number of piperidine rings is 2. The van der Waals surface area contributed by atoms with Gasteiger partial charge in [0.25, 0.3) is 0 Å². The molecule has 2 heterocycles. The molecular formula is C15H30N4O. The molecule has 0 aliphatic carbocycles. The largest absolute Gasteiger partial charge is 0.355 e. The molecule has 116 valence electrons. The summed E-state index contributed by atoms with van der Waals surface area (Å²) in [6.07, 6.45) is 4.46. The summed E-state index contributed by atoms with van der Waals surface area (Å²) in [5.74, 6) is 0.843. The molecule has 0 radical (unpaired) electrons. The second-order valence-corrected chi connectivity index (χ2v) is 6.30. The highest BCUT2D eigenvalue weighted by Crippen LogP contribution is 2.15. The molecule has 0 atom stereocenters. The maximum Gasteiger partial charge on any atom is 0.234 e. The molecule has 2 rings (SSSR count). The second-order valence-electron chi connectivity index (χ2n) is 6.30. The van der Waals surface area contributed by atoms with E-state index in [2.05, 4.69) is 22.0 Å². The van der Waals surface area contributed by atoms with E-state index in [0.29, 0.717) is 18.5 Å². The lowest BCUT2D eigenvalue weighted by molar-refractivity contribution is -0.122. The van der Waals surface area contributed by atoms with Crippen LogP contribution in [-0.2, 0) is 4.79 Å². The molecule has 2 fully saturated rings. The minimum Gasteiger partial charge on any atom is -0.355 e. The predicted octanol–water partition coefficient (Wildman–Crippen LogP) is 0.258. The molecule has 0 aromatic carbocycles. The number of rotatable bonds is 5. The third kappa shape index (κ3) is 5.04. The van der Waals surface area contributed by atoms with Gasteiger partial charge in [0, 0.05) is 25.7 Å². The molecule has 0 saturated carbocycles. The number of nitrogens with two attached hydrogens (primary N) is 1. The van der Waals surface area contributed by atoms with E-state index in [1.54, 1.807) is 0 Å². The van der Waals surface area contributed by atoms with Crippen LogP contribution in [0.2, 0.25) is 0 Å². The zero-order valence-corrected chi connectivity index (χ0v) is 12.8. The Labute approximate surface area is 122 Å². The number of hydrogen-bond acceptors (Lipinski definition) is 4. The molecule has 0 spiro atoms. The van der Waals surface area contributed by atoms with Crippen LogP contribution in [0, 0.1) is 5.92 Å². The molecule has 0 aromatic heterocycles. The minimum atomic E-state index is 0.179. The van der Waals surface area contributed by atoms with Gasteiger partial charge >= 0.3 is 0 Å². The van der Waals surface area contributed by atoms with Gasteiger partial charge in [-0.05, 0) is 51.2 Å². The van der Waals surface area contributed by atoms with Gasteiger partial charge in [-0.15, -0.1) is 0 Å². The Balaban J connectivity index is 1.58. The highest BCUT2D eigenvalue weighted by molar-refractivity contribution is 5.78. The van der Waals surface area contributed by atoms with Crippen LogP contribution in [0.3, 0.4) is 0 Å². The van der Waals surface area contributed by atoms with Gasteiger partial charge in [0.1, 0.15) is 0 Å². The monoisotopic (exact) mass is 282 g/mol. The summed E-state index contributed by atoms with van der Waals surface area (Å²) < 4.78 is 0. The van der Waals surface area contributed by atoms with E-state index in [9.17, 15) is 4.79 Å². The third-order valence-electron chi connectivity index (χ3n) is 4.74. The van der Waals surface area contributed by atoms with Crippen molar-refractivity contribution in [3.8, 4) is 0 Å². The first kappa shape index (κ1) is 15.7. The average Bonchev–Trinajstić information content (AvgIpc) is 2.48. The zero-order chi connectivity index (χ0) is 14.4. The fraction of sp³-hybridized carbons (Fsp3) is 0.933. The Bertz CT molecular complexity index is 294. The van der Waals surface area contributed by atoms with Crippen molar-refractivity contribution in [2.24, 2.45) is 11.7 Å². The molecule has 0 bridgehead atoms. The van der Waals surface area contributed by atoms with Crippen molar-refractivity contribution in [2.45, 2.75) is 38.6 Å². The van der Waals surface area contributed by atoms with E-state index < -0.39 is 0 Å². The minimum absolute atomic E-state index is 0.179. The van der Waals surface area contributed by atoms with Crippen molar-refractivity contribution >= 4 is 5.91 Å². The summed E-state index contributed by atoms with van der Waals surface area (Å²) in [5.41, 5.74) is 5.88. The van der Waals surface area contributed by atoms with Crippen LogP contribution in [-0.4, -0.2) is 67.6 Å². The Kier molecular flexibility index (Phi) is 6.26. The van der Waals surface area contributed by atoms with Crippen LogP contribution in [0.4, 0.5) is 0 Å². The third-order valence-corrected chi connectivity index (χ3v) is 4.74. The molecular weight excluding hydrogens is 252 g/mol. The van der Waals surface area contributed by atoms with E-state index in [1.165, 1.54) is 25.9 Å². The average molecular weight is 282 g/mol. The van der Waals surface area contributed by atoms with Crippen LogP contribution >= 0.6 is 0 Å². The zero-order valence-electron chi connectivity index (χ0n) is 12.8. The maximum atomic E-state index is 12.0. The number of carbonyl (C=O) groups excluding carboxylic acids is 1. The first-order valence-corrected chi connectivity index (χ1v) is 8.14. The molecule has 3 N–H and O–H groups in total. The quantitative estimate of drug-likeness (QED) is 0.759. The van der Waals surface area contributed by atoms with Crippen LogP contribution in [0.5, 0.6) is 0 Å². The van der Waals surface area contributed by atoms with Crippen LogP contribution in [0.15, 0.2) is 0 Å². The molecule has 2 saturated heterocycles. The molecule has 5 nitrogen and oxygen atoms in total. The molecule has 2 aliphatic rings. The van der Waals surface area contributed by atoms with E-state index in [0.717, 1.165) is 39.0 Å². The smallest absolute Gasteiger partial charge is 0.234 e. The van der Waals surface area contributed by atoms with Crippen molar-refractivity contribution in [1.29, 1.82) is 0 Å².